The van der Waals surface area contributed by atoms with Crippen LogP contribution in [0.4, 0.5) is 0 Å². The number of rotatable bonds is 6. The summed E-state index contributed by atoms with van der Waals surface area (Å²) in [5.41, 5.74) is 3.86. The molecule has 0 aliphatic rings. The molecule has 0 atom stereocenters. The molecule has 0 saturated carbocycles. The van der Waals surface area contributed by atoms with E-state index in [0.717, 1.165) is 25.3 Å². The fraction of sp³-hybridized carbons (Fsp3) is 0.467. The van der Waals surface area contributed by atoms with Crippen LogP contribution in [0.3, 0.4) is 0 Å². The number of nitrogens with one attached hydrogen (secondary N) is 1. The Kier molecular flexibility index (Phi) is 5.78. The third-order valence-electron chi connectivity index (χ3n) is 2.85. The van der Waals surface area contributed by atoms with Gasteiger partial charge >= 0.3 is 0 Å². The zero-order valence-corrected chi connectivity index (χ0v) is 11.3. The van der Waals surface area contributed by atoms with Gasteiger partial charge in [0.2, 0.25) is 0 Å². The Morgan fingerprint density at radius 3 is 2.65 bits per heavy atom. The summed E-state index contributed by atoms with van der Waals surface area (Å²) in [7, 11) is 1.71. The van der Waals surface area contributed by atoms with Gasteiger partial charge in [0, 0.05) is 6.54 Å². The Morgan fingerprint density at radius 1 is 1.35 bits per heavy atom. The van der Waals surface area contributed by atoms with Crippen LogP contribution in [0.2, 0.25) is 0 Å². The molecule has 2 heteroatoms. The maximum atomic E-state index is 5.26. The van der Waals surface area contributed by atoms with Gasteiger partial charge in [-0.2, -0.15) is 0 Å². The molecule has 0 heterocycles. The predicted octanol–water partition coefficient (Wildman–Crippen LogP) is 3.41. The van der Waals surface area contributed by atoms with Crippen molar-refractivity contribution in [2.75, 3.05) is 20.2 Å². The van der Waals surface area contributed by atoms with Gasteiger partial charge in [-0.1, -0.05) is 31.6 Å². The van der Waals surface area contributed by atoms with Gasteiger partial charge in [-0.15, -0.1) is 0 Å². The third kappa shape index (κ3) is 4.23. The highest BCUT2D eigenvalue weighted by Gasteiger charge is 1.99. The summed E-state index contributed by atoms with van der Waals surface area (Å²) >= 11 is 0. The van der Waals surface area contributed by atoms with Crippen molar-refractivity contribution in [3.8, 4) is 5.75 Å². The van der Waals surface area contributed by atoms with Crippen molar-refractivity contribution >= 4 is 6.08 Å². The lowest BCUT2D eigenvalue weighted by molar-refractivity contribution is 0.411. The topological polar surface area (TPSA) is 21.3 Å². The van der Waals surface area contributed by atoms with Crippen molar-refractivity contribution in [2.45, 2.75) is 27.2 Å². The van der Waals surface area contributed by atoms with E-state index in [1.54, 1.807) is 7.11 Å². The molecule has 1 aromatic carbocycles. The monoisotopic (exact) mass is 233 g/mol. The van der Waals surface area contributed by atoms with Gasteiger partial charge in [-0.25, -0.2) is 0 Å². The molecule has 0 aliphatic carbocycles. The van der Waals surface area contributed by atoms with Crippen molar-refractivity contribution in [2.24, 2.45) is 0 Å². The van der Waals surface area contributed by atoms with E-state index in [2.05, 4.69) is 44.3 Å². The standard InChI is InChI=1S/C15H23NO/c1-5-13(11-16-6-2)10-14-7-8-15(17-4)12(3)9-14/h7-10,16H,5-6,11H2,1-4H3. The maximum Gasteiger partial charge on any atom is 0.121 e. The first-order valence-corrected chi connectivity index (χ1v) is 6.26. The SMILES string of the molecule is CCNCC(=Cc1ccc(OC)c(C)c1)CC. The van der Waals surface area contributed by atoms with Crippen LogP contribution in [0.25, 0.3) is 6.08 Å². The second kappa shape index (κ2) is 7.13. The maximum absolute atomic E-state index is 5.26. The molecule has 0 amide bonds. The highest BCUT2D eigenvalue weighted by atomic mass is 16.5. The van der Waals surface area contributed by atoms with E-state index in [1.807, 2.05) is 6.07 Å². The fourth-order valence-corrected chi connectivity index (χ4v) is 1.79. The molecule has 0 radical (unpaired) electrons. The van der Waals surface area contributed by atoms with Gasteiger partial charge in [-0.3, -0.25) is 0 Å². The van der Waals surface area contributed by atoms with Crippen LogP contribution in [-0.4, -0.2) is 20.2 Å². The van der Waals surface area contributed by atoms with E-state index in [0.29, 0.717) is 0 Å². The number of hydrogen-bond donors (Lipinski definition) is 1. The van der Waals surface area contributed by atoms with Gasteiger partial charge in [0.15, 0.2) is 0 Å². The first kappa shape index (κ1) is 13.8. The predicted molar refractivity (Wildman–Crippen MR) is 74.5 cm³/mol. The number of benzene rings is 1. The van der Waals surface area contributed by atoms with Crippen molar-refractivity contribution < 1.29 is 4.74 Å². The lowest BCUT2D eigenvalue weighted by atomic mass is 10.1. The van der Waals surface area contributed by atoms with Crippen molar-refractivity contribution in [3.05, 3.63) is 34.9 Å². The molecule has 0 aromatic heterocycles. The van der Waals surface area contributed by atoms with Crippen LogP contribution < -0.4 is 10.1 Å². The molecule has 0 bridgehead atoms. The van der Waals surface area contributed by atoms with Gasteiger partial charge in [0.1, 0.15) is 5.75 Å². The van der Waals surface area contributed by atoms with Gasteiger partial charge in [0.05, 0.1) is 7.11 Å². The highest BCUT2D eigenvalue weighted by molar-refractivity contribution is 5.56. The lowest BCUT2D eigenvalue weighted by Gasteiger charge is -2.08. The molecule has 17 heavy (non-hydrogen) atoms. The summed E-state index contributed by atoms with van der Waals surface area (Å²) in [6.45, 7) is 8.38. The Bertz CT molecular complexity index is 383. The summed E-state index contributed by atoms with van der Waals surface area (Å²) in [4.78, 5) is 0. The molecule has 1 N–H and O–H groups in total. The Hall–Kier alpha value is -1.28. The van der Waals surface area contributed by atoms with Crippen LogP contribution in [0.1, 0.15) is 31.4 Å². The van der Waals surface area contributed by atoms with E-state index < -0.39 is 0 Å². The Morgan fingerprint density at radius 2 is 2.12 bits per heavy atom. The van der Waals surface area contributed by atoms with E-state index in [4.69, 9.17) is 4.74 Å². The molecule has 0 fully saturated rings. The molecule has 1 rings (SSSR count). The normalized spacial score (nSPS) is 11.6. The lowest BCUT2D eigenvalue weighted by Crippen LogP contribution is -2.15. The van der Waals surface area contributed by atoms with E-state index in [1.165, 1.54) is 16.7 Å². The quantitative estimate of drug-likeness (QED) is 0.813. The molecule has 94 valence electrons. The summed E-state index contributed by atoms with van der Waals surface area (Å²) in [6, 6.07) is 6.30. The van der Waals surface area contributed by atoms with Crippen molar-refractivity contribution in [3.63, 3.8) is 0 Å². The molecular formula is C15H23NO. The van der Waals surface area contributed by atoms with Crippen molar-refractivity contribution in [1.82, 2.24) is 5.32 Å². The Labute approximate surface area is 105 Å². The average molecular weight is 233 g/mol. The average Bonchev–Trinajstić information content (AvgIpc) is 2.34. The fourth-order valence-electron chi connectivity index (χ4n) is 1.79. The molecule has 0 aliphatic heterocycles. The number of methoxy groups -OCH3 is 1. The van der Waals surface area contributed by atoms with E-state index in [9.17, 15) is 0 Å². The molecule has 1 aromatic rings. The summed E-state index contributed by atoms with van der Waals surface area (Å²) < 4.78 is 5.26. The Balaban J connectivity index is 2.84. The first-order valence-electron chi connectivity index (χ1n) is 6.26. The highest BCUT2D eigenvalue weighted by Crippen LogP contribution is 2.20. The van der Waals surface area contributed by atoms with Crippen LogP contribution in [-0.2, 0) is 0 Å². The van der Waals surface area contributed by atoms with Crippen LogP contribution in [0, 0.1) is 6.92 Å². The summed E-state index contributed by atoms with van der Waals surface area (Å²) in [6.07, 6.45) is 3.34. The van der Waals surface area contributed by atoms with E-state index >= 15 is 0 Å². The number of ether oxygens (including phenoxy) is 1. The van der Waals surface area contributed by atoms with Gasteiger partial charge in [-0.05, 0) is 43.1 Å². The molecule has 0 spiro atoms. The van der Waals surface area contributed by atoms with Crippen molar-refractivity contribution in [1.29, 1.82) is 0 Å². The van der Waals surface area contributed by atoms with Gasteiger partial charge < -0.3 is 10.1 Å². The minimum Gasteiger partial charge on any atom is -0.496 e. The number of hydrogen-bond acceptors (Lipinski definition) is 2. The molecule has 0 saturated heterocycles. The minimum absolute atomic E-state index is 0.951. The molecular weight excluding hydrogens is 210 g/mol. The van der Waals surface area contributed by atoms with Crippen LogP contribution in [0.15, 0.2) is 23.8 Å². The second-order valence-corrected chi connectivity index (χ2v) is 4.17. The zero-order valence-electron chi connectivity index (χ0n) is 11.3. The van der Waals surface area contributed by atoms with Crippen LogP contribution in [0.5, 0.6) is 5.75 Å². The molecule has 0 unspecified atom stereocenters. The smallest absolute Gasteiger partial charge is 0.121 e. The van der Waals surface area contributed by atoms with E-state index in [-0.39, 0.29) is 0 Å². The minimum atomic E-state index is 0.951. The van der Waals surface area contributed by atoms with Gasteiger partial charge in [0.25, 0.3) is 0 Å². The number of aryl methyl sites for hydroxylation is 1. The second-order valence-electron chi connectivity index (χ2n) is 4.17. The summed E-state index contributed by atoms with van der Waals surface area (Å²) in [5, 5.41) is 3.36. The first-order chi connectivity index (χ1) is 8.21. The number of likely N-dealkylation sites (N-methyl/N-ethyl adjacent to an activating group) is 1. The van der Waals surface area contributed by atoms with Crippen LogP contribution >= 0.6 is 0 Å². The third-order valence-corrected chi connectivity index (χ3v) is 2.85. The zero-order chi connectivity index (χ0) is 12.7. The molecule has 2 nitrogen and oxygen atoms in total. The summed E-state index contributed by atoms with van der Waals surface area (Å²) in [5.74, 6) is 0.951. The largest absolute Gasteiger partial charge is 0.496 e.